The van der Waals surface area contributed by atoms with E-state index in [1.165, 1.54) is 6.20 Å². The molecule has 0 aliphatic rings. The summed E-state index contributed by atoms with van der Waals surface area (Å²) in [6.07, 6.45) is 2.31. The second-order valence-electron chi connectivity index (χ2n) is 2.90. The van der Waals surface area contributed by atoms with Crippen LogP contribution in [0.2, 0.25) is 5.02 Å². The molecule has 4 heteroatoms. The lowest BCUT2D eigenvalue weighted by Gasteiger charge is -2.16. The maximum atomic E-state index is 9.17. The van der Waals surface area contributed by atoms with Gasteiger partial charge < -0.3 is 9.84 Å². The zero-order chi connectivity index (χ0) is 9.84. The summed E-state index contributed by atoms with van der Waals surface area (Å²) in [4.78, 5) is 3.86. The fourth-order valence-corrected chi connectivity index (χ4v) is 0.934. The van der Waals surface area contributed by atoms with Gasteiger partial charge in [0.05, 0.1) is 17.3 Å². The molecule has 13 heavy (non-hydrogen) atoms. The number of aromatic nitrogens is 1. The van der Waals surface area contributed by atoms with Crippen LogP contribution in [0.5, 0.6) is 5.75 Å². The van der Waals surface area contributed by atoms with Gasteiger partial charge in [0.15, 0.2) is 0 Å². The second-order valence-corrected chi connectivity index (χ2v) is 3.34. The Labute approximate surface area is 82.3 Å². The van der Waals surface area contributed by atoms with Crippen molar-refractivity contribution in [3.05, 3.63) is 23.5 Å². The Morgan fingerprint density at radius 2 is 2.15 bits per heavy atom. The molecule has 1 aromatic rings. The number of rotatable bonds is 3. The Balaban J connectivity index is 2.64. The fourth-order valence-electron chi connectivity index (χ4n) is 0.770. The van der Waals surface area contributed by atoms with Gasteiger partial charge in [0.2, 0.25) is 0 Å². The van der Waals surface area contributed by atoms with Crippen molar-refractivity contribution in [3.63, 3.8) is 0 Å². The first-order valence-electron chi connectivity index (χ1n) is 4.05. The molecule has 2 atom stereocenters. The normalized spacial score (nSPS) is 15.1. The highest BCUT2D eigenvalue weighted by atomic mass is 35.5. The molecule has 3 nitrogen and oxygen atoms in total. The third-order valence-electron chi connectivity index (χ3n) is 1.68. The lowest BCUT2D eigenvalue weighted by molar-refractivity contribution is 0.0602. The number of halogens is 1. The van der Waals surface area contributed by atoms with Gasteiger partial charge in [-0.25, -0.2) is 0 Å². The van der Waals surface area contributed by atoms with E-state index in [0.29, 0.717) is 10.8 Å². The minimum atomic E-state index is -0.515. The van der Waals surface area contributed by atoms with Crippen molar-refractivity contribution >= 4 is 11.6 Å². The molecule has 0 saturated heterocycles. The standard InChI is InChI=1S/C9H12ClNO2/c1-6(12)7(2)13-9-3-8(10)4-11-5-9/h3-7,12H,1-2H3. The van der Waals surface area contributed by atoms with Crippen molar-refractivity contribution in [2.45, 2.75) is 26.1 Å². The van der Waals surface area contributed by atoms with E-state index in [1.807, 2.05) is 0 Å². The highest BCUT2D eigenvalue weighted by molar-refractivity contribution is 6.30. The first kappa shape index (κ1) is 10.3. The first-order chi connectivity index (χ1) is 6.09. The molecule has 0 spiro atoms. The molecule has 0 aromatic carbocycles. The predicted octanol–water partition coefficient (Wildman–Crippen LogP) is 1.88. The van der Waals surface area contributed by atoms with Crippen LogP contribution < -0.4 is 4.74 Å². The minimum absolute atomic E-state index is 0.264. The zero-order valence-electron chi connectivity index (χ0n) is 7.57. The summed E-state index contributed by atoms with van der Waals surface area (Å²) in [6, 6.07) is 1.66. The van der Waals surface area contributed by atoms with Crippen molar-refractivity contribution in [1.82, 2.24) is 4.98 Å². The molecule has 0 aliphatic carbocycles. The van der Waals surface area contributed by atoms with E-state index in [1.54, 1.807) is 26.1 Å². The molecule has 1 N–H and O–H groups in total. The van der Waals surface area contributed by atoms with Gasteiger partial charge in [-0.3, -0.25) is 4.98 Å². The van der Waals surface area contributed by atoms with Crippen LogP contribution in [0.1, 0.15) is 13.8 Å². The molecule has 1 aromatic heterocycles. The molecule has 0 radical (unpaired) electrons. The van der Waals surface area contributed by atoms with E-state index in [-0.39, 0.29) is 6.10 Å². The summed E-state index contributed by atoms with van der Waals surface area (Å²) in [5.41, 5.74) is 0. The molecule has 2 unspecified atom stereocenters. The van der Waals surface area contributed by atoms with E-state index < -0.39 is 6.10 Å². The lowest BCUT2D eigenvalue weighted by Crippen LogP contribution is -2.25. The number of nitrogens with zero attached hydrogens (tertiary/aromatic N) is 1. The van der Waals surface area contributed by atoms with Crippen molar-refractivity contribution in [2.24, 2.45) is 0 Å². The summed E-state index contributed by atoms with van der Waals surface area (Å²) in [6.45, 7) is 3.45. The number of aliphatic hydroxyl groups is 1. The smallest absolute Gasteiger partial charge is 0.139 e. The van der Waals surface area contributed by atoms with E-state index in [0.717, 1.165) is 0 Å². The SMILES string of the molecule is CC(O)C(C)Oc1cncc(Cl)c1. The molecular formula is C9H12ClNO2. The summed E-state index contributed by atoms with van der Waals surface area (Å²) >= 11 is 5.70. The second kappa shape index (κ2) is 4.44. The maximum absolute atomic E-state index is 9.17. The van der Waals surface area contributed by atoms with Gasteiger partial charge >= 0.3 is 0 Å². The topological polar surface area (TPSA) is 42.4 Å². The van der Waals surface area contributed by atoms with Crippen molar-refractivity contribution in [1.29, 1.82) is 0 Å². The molecule has 0 bridgehead atoms. The van der Waals surface area contributed by atoms with Crippen LogP contribution in [0.15, 0.2) is 18.5 Å². The summed E-state index contributed by atoms with van der Waals surface area (Å²) in [5, 5.41) is 9.70. The van der Waals surface area contributed by atoms with Gasteiger partial charge in [-0.2, -0.15) is 0 Å². The number of hydrogen-bond acceptors (Lipinski definition) is 3. The van der Waals surface area contributed by atoms with E-state index in [4.69, 9.17) is 16.3 Å². The van der Waals surface area contributed by atoms with Gasteiger partial charge in [-0.15, -0.1) is 0 Å². The maximum Gasteiger partial charge on any atom is 0.139 e. The van der Waals surface area contributed by atoms with E-state index in [2.05, 4.69) is 4.98 Å². The lowest BCUT2D eigenvalue weighted by atomic mass is 10.2. The predicted molar refractivity (Wildman–Crippen MR) is 51.0 cm³/mol. The Bertz CT molecular complexity index is 278. The zero-order valence-corrected chi connectivity index (χ0v) is 8.32. The first-order valence-corrected chi connectivity index (χ1v) is 4.42. The van der Waals surface area contributed by atoms with E-state index in [9.17, 15) is 5.11 Å². The van der Waals surface area contributed by atoms with Gasteiger partial charge in [0.25, 0.3) is 0 Å². The van der Waals surface area contributed by atoms with Crippen LogP contribution in [-0.4, -0.2) is 22.3 Å². The average molecular weight is 202 g/mol. The molecule has 72 valence electrons. The molecule has 0 fully saturated rings. The number of hydrogen-bond donors (Lipinski definition) is 1. The van der Waals surface area contributed by atoms with Gasteiger partial charge in [-0.05, 0) is 13.8 Å². The number of pyridine rings is 1. The third kappa shape index (κ3) is 3.20. The van der Waals surface area contributed by atoms with Crippen LogP contribution in [0.4, 0.5) is 0 Å². The van der Waals surface area contributed by atoms with Gasteiger partial charge in [0, 0.05) is 12.3 Å². The molecule has 1 heterocycles. The Morgan fingerprint density at radius 3 is 2.69 bits per heavy atom. The van der Waals surface area contributed by atoms with Crippen LogP contribution >= 0.6 is 11.6 Å². The van der Waals surface area contributed by atoms with Crippen LogP contribution in [-0.2, 0) is 0 Å². The monoisotopic (exact) mass is 201 g/mol. The number of aliphatic hydroxyl groups excluding tert-OH is 1. The fraction of sp³-hybridized carbons (Fsp3) is 0.444. The average Bonchev–Trinajstić information content (AvgIpc) is 2.04. The van der Waals surface area contributed by atoms with Gasteiger partial charge in [-0.1, -0.05) is 11.6 Å². The largest absolute Gasteiger partial charge is 0.486 e. The van der Waals surface area contributed by atoms with Crippen LogP contribution in [0, 0.1) is 0 Å². The quantitative estimate of drug-likeness (QED) is 0.812. The Morgan fingerprint density at radius 1 is 1.46 bits per heavy atom. The Kier molecular flexibility index (Phi) is 3.51. The molecule has 1 rings (SSSR count). The minimum Gasteiger partial charge on any atom is -0.486 e. The molecule has 0 amide bonds. The molecule has 0 saturated carbocycles. The molecular weight excluding hydrogens is 190 g/mol. The third-order valence-corrected chi connectivity index (χ3v) is 1.89. The highest BCUT2D eigenvalue weighted by Gasteiger charge is 2.10. The highest BCUT2D eigenvalue weighted by Crippen LogP contribution is 2.17. The van der Waals surface area contributed by atoms with Crippen molar-refractivity contribution < 1.29 is 9.84 Å². The van der Waals surface area contributed by atoms with Crippen LogP contribution in [0.3, 0.4) is 0 Å². The summed E-state index contributed by atoms with van der Waals surface area (Å²) < 4.78 is 5.36. The Hall–Kier alpha value is -0.800. The van der Waals surface area contributed by atoms with Crippen molar-refractivity contribution in [3.8, 4) is 5.75 Å². The van der Waals surface area contributed by atoms with Crippen molar-refractivity contribution in [2.75, 3.05) is 0 Å². The van der Waals surface area contributed by atoms with Gasteiger partial charge in [0.1, 0.15) is 11.9 Å². The summed E-state index contributed by atoms with van der Waals surface area (Å²) in [7, 11) is 0. The van der Waals surface area contributed by atoms with E-state index >= 15 is 0 Å². The number of ether oxygens (including phenoxy) is 1. The summed E-state index contributed by atoms with van der Waals surface area (Å²) in [5.74, 6) is 0.570. The molecule has 0 aliphatic heterocycles. The van der Waals surface area contributed by atoms with Crippen LogP contribution in [0.25, 0.3) is 0 Å².